The van der Waals surface area contributed by atoms with Gasteiger partial charge in [0.2, 0.25) is 0 Å². The molecule has 0 bridgehead atoms. The average Bonchev–Trinajstić information content (AvgIpc) is 3.59. The summed E-state index contributed by atoms with van der Waals surface area (Å²) in [5, 5.41) is 2.36. The molecular formula is C44H31NO. The Hall–Kier alpha value is -5.73. The number of pyridine rings is 1. The van der Waals surface area contributed by atoms with Gasteiger partial charge in [-0.1, -0.05) is 129 Å². The molecule has 0 unspecified atom stereocenters. The van der Waals surface area contributed by atoms with E-state index in [0.29, 0.717) is 0 Å². The van der Waals surface area contributed by atoms with Crippen LogP contribution in [0, 0.1) is 0 Å². The summed E-state index contributed by atoms with van der Waals surface area (Å²) < 4.78 is 6.26. The summed E-state index contributed by atoms with van der Waals surface area (Å²) >= 11 is 0. The Bertz CT molecular complexity index is 2360. The molecule has 0 spiro atoms. The van der Waals surface area contributed by atoms with E-state index in [-0.39, 0.29) is 5.41 Å². The van der Waals surface area contributed by atoms with Crippen LogP contribution in [0.4, 0.5) is 0 Å². The lowest BCUT2D eigenvalue weighted by atomic mass is 9.81. The highest BCUT2D eigenvalue weighted by molar-refractivity contribution is 6.07. The van der Waals surface area contributed by atoms with Gasteiger partial charge in [-0.15, -0.1) is 0 Å². The molecule has 2 nitrogen and oxygen atoms in total. The first-order valence-corrected chi connectivity index (χ1v) is 15.9. The normalized spacial score (nSPS) is 13.2. The molecule has 46 heavy (non-hydrogen) atoms. The smallest absolute Gasteiger partial charge is 0.136 e. The largest absolute Gasteiger partial charge is 0.456 e. The third-order valence-corrected chi connectivity index (χ3v) is 9.69. The number of aromatic nitrogens is 1. The summed E-state index contributed by atoms with van der Waals surface area (Å²) in [6.07, 6.45) is 0. The Morgan fingerprint density at radius 3 is 1.72 bits per heavy atom. The van der Waals surface area contributed by atoms with Gasteiger partial charge in [0.05, 0.1) is 11.4 Å². The van der Waals surface area contributed by atoms with Crippen molar-refractivity contribution in [2.75, 3.05) is 0 Å². The maximum atomic E-state index is 6.26. The second-order valence-electron chi connectivity index (χ2n) is 12.8. The zero-order valence-corrected chi connectivity index (χ0v) is 25.8. The molecule has 218 valence electrons. The standard InChI is InChI=1S/C44H31NO/c1-44(2)38-23-32(21-22-34(38)36-27-43-37(26-39(36)44)35-15-9-10-16-42(35)46-43)29-17-19-31(20-18-29)41-25-33(28-11-5-3-6-12-28)24-40(45-41)30-13-7-4-8-14-30/h3-27H,1-2H3. The van der Waals surface area contributed by atoms with Gasteiger partial charge in [-0.3, -0.25) is 0 Å². The molecule has 8 aromatic rings. The summed E-state index contributed by atoms with van der Waals surface area (Å²) in [6.45, 7) is 4.68. The first-order valence-electron chi connectivity index (χ1n) is 15.9. The molecule has 6 aromatic carbocycles. The SMILES string of the molecule is CC1(C)c2cc(-c3ccc(-c4cc(-c5ccccc5)cc(-c5ccccc5)n4)cc3)ccc2-c2cc3oc4ccccc4c3cc21. The molecule has 0 fully saturated rings. The topological polar surface area (TPSA) is 26.0 Å². The number of para-hydroxylation sites is 1. The van der Waals surface area contributed by atoms with Crippen LogP contribution in [0.1, 0.15) is 25.0 Å². The van der Waals surface area contributed by atoms with E-state index < -0.39 is 0 Å². The first kappa shape index (κ1) is 26.7. The minimum atomic E-state index is -0.122. The van der Waals surface area contributed by atoms with E-state index >= 15 is 0 Å². The van der Waals surface area contributed by atoms with Crippen molar-refractivity contribution < 1.29 is 4.42 Å². The van der Waals surface area contributed by atoms with Crippen molar-refractivity contribution in [3.8, 4) is 55.9 Å². The molecule has 0 aliphatic heterocycles. The highest BCUT2D eigenvalue weighted by atomic mass is 16.3. The Kier molecular flexibility index (Phi) is 5.88. The first-order chi connectivity index (χ1) is 22.5. The summed E-state index contributed by atoms with van der Waals surface area (Å²) in [5.41, 5.74) is 15.9. The zero-order chi connectivity index (χ0) is 30.8. The fourth-order valence-corrected chi connectivity index (χ4v) is 7.20. The van der Waals surface area contributed by atoms with E-state index in [2.05, 4.69) is 153 Å². The molecule has 2 heteroatoms. The Balaban J connectivity index is 1.09. The summed E-state index contributed by atoms with van der Waals surface area (Å²) in [5.74, 6) is 0. The van der Waals surface area contributed by atoms with Gasteiger partial charge in [-0.2, -0.15) is 0 Å². The van der Waals surface area contributed by atoms with Crippen molar-refractivity contribution in [1.82, 2.24) is 4.98 Å². The van der Waals surface area contributed by atoms with Gasteiger partial charge in [0, 0.05) is 27.3 Å². The van der Waals surface area contributed by atoms with Crippen molar-refractivity contribution >= 4 is 21.9 Å². The van der Waals surface area contributed by atoms with Crippen LogP contribution in [0.15, 0.2) is 156 Å². The van der Waals surface area contributed by atoms with Crippen molar-refractivity contribution in [1.29, 1.82) is 0 Å². The lowest BCUT2D eigenvalue weighted by Gasteiger charge is -2.22. The van der Waals surface area contributed by atoms with E-state index in [4.69, 9.17) is 9.40 Å². The van der Waals surface area contributed by atoms with Gasteiger partial charge in [0.1, 0.15) is 11.2 Å². The molecule has 0 N–H and O–H groups in total. The summed E-state index contributed by atoms with van der Waals surface area (Å²) in [6, 6.07) is 54.0. The van der Waals surface area contributed by atoms with Gasteiger partial charge < -0.3 is 4.42 Å². The third kappa shape index (κ3) is 4.22. The quantitative estimate of drug-likeness (QED) is 0.204. The number of fused-ring (bicyclic) bond motifs is 6. The molecule has 0 saturated heterocycles. The lowest BCUT2D eigenvalue weighted by molar-refractivity contribution is 0.658. The maximum Gasteiger partial charge on any atom is 0.136 e. The Morgan fingerprint density at radius 2 is 0.978 bits per heavy atom. The van der Waals surface area contributed by atoms with Crippen LogP contribution in [-0.4, -0.2) is 4.98 Å². The second-order valence-corrected chi connectivity index (χ2v) is 12.8. The van der Waals surface area contributed by atoms with Crippen LogP contribution in [0.3, 0.4) is 0 Å². The van der Waals surface area contributed by atoms with Gasteiger partial charge in [-0.05, 0) is 80.9 Å². The van der Waals surface area contributed by atoms with Gasteiger partial charge in [0.25, 0.3) is 0 Å². The molecule has 0 atom stereocenters. The molecule has 0 amide bonds. The van der Waals surface area contributed by atoms with E-state index in [0.717, 1.165) is 39.2 Å². The monoisotopic (exact) mass is 589 g/mol. The molecule has 1 aliphatic carbocycles. The molecule has 0 saturated carbocycles. The minimum absolute atomic E-state index is 0.122. The van der Waals surface area contributed by atoms with Crippen LogP contribution in [-0.2, 0) is 5.41 Å². The number of hydrogen-bond acceptors (Lipinski definition) is 2. The molecule has 0 radical (unpaired) electrons. The van der Waals surface area contributed by atoms with Crippen molar-refractivity contribution in [2.45, 2.75) is 19.3 Å². The van der Waals surface area contributed by atoms with Crippen LogP contribution in [0.2, 0.25) is 0 Å². The summed E-state index contributed by atoms with van der Waals surface area (Å²) in [7, 11) is 0. The van der Waals surface area contributed by atoms with E-state index in [1.54, 1.807) is 0 Å². The molecule has 2 aromatic heterocycles. The van der Waals surface area contributed by atoms with Crippen molar-refractivity contribution in [3.05, 3.63) is 163 Å². The highest BCUT2D eigenvalue weighted by Gasteiger charge is 2.36. The maximum absolute atomic E-state index is 6.26. The van der Waals surface area contributed by atoms with Crippen LogP contribution in [0.25, 0.3) is 77.8 Å². The predicted molar refractivity (Wildman–Crippen MR) is 191 cm³/mol. The Morgan fingerprint density at radius 1 is 0.413 bits per heavy atom. The number of rotatable bonds is 4. The van der Waals surface area contributed by atoms with Crippen LogP contribution in [0.5, 0.6) is 0 Å². The minimum Gasteiger partial charge on any atom is -0.456 e. The van der Waals surface area contributed by atoms with Crippen molar-refractivity contribution in [2.24, 2.45) is 0 Å². The molecule has 9 rings (SSSR count). The summed E-state index contributed by atoms with van der Waals surface area (Å²) in [4.78, 5) is 5.12. The second kappa shape index (κ2) is 10.2. The highest BCUT2D eigenvalue weighted by Crippen LogP contribution is 2.51. The van der Waals surface area contributed by atoms with Crippen LogP contribution >= 0.6 is 0 Å². The number of furan rings is 1. The molecular weight excluding hydrogens is 558 g/mol. The number of nitrogens with zero attached hydrogens (tertiary/aromatic N) is 1. The average molecular weight is 590 g/mol. The van der Waals surface area contributed by atoms with Gasteiger partial charge in [-0.25, -0.2) is 4.98 Å². The fraction of sp³-hybridized carbons (Fsp3) is 0.0682. The van der Waals surface area contributed by atoms with Crippen molar-refractivity contribution in [3.63, 3.8) is 0 Å². The predicted octanol–water partition coefficient (Wildman–Crippen LogP) is 12.0. The molecule has 2 heterocycles. The fourth-order valence-electron chi connectivity index (χ4n) is 7.20. The van der Waals surface area contributed by atoms with E-state index in [1.165, 1.54) is 49.7 Å². The van der Waals surface area contributed by atoms with E-state index in [9.17, 15) is 0 Å². The number of hydrogen-bond donors (Lipinski definition) is 0. The number of benzene rings is 6. The molecule has 1 aliphatic rings. The van der Waals surface area contributed by atoms with E-state index in [1.807, 2.05) is 12.1 Å². The Labute approximate surface area is 268 Å². The van der Waals surface area contributed by atoms with Gasteiger partial charge in [0.15, 0.2) is 0 Å². The lowest BCUT2D eigenvalue weighted by Crippen LogP contribution is -2.15. The zero-order valence-electron chi connectivity index (χ0n) is 25.8. The van der Waals surface area contributed by atoms with Gasteiger partial charge >= 0.3 is 0 Å². The van der Waals surface area contributed by atoms with Crippen LogP contribution < -0.4 is 0 Å². The third-order valence-electron chi connectivity index (χ3n) is 9.69.